The number of nitro benzene ring substituents is 1. The number of hydrogen-bond acceptors (Lipinski definition) is 6. The van der Waals surface area contributed by atoms with E-state index in [-0.39, 0.29) is 35.4 Å². The van der Waals surface area contributed by atoms with Crippen LogP contribution in [-0.4, -0.2) is 28.5 Å². The Bertz CT molecular complexity index is 754. The van der Waals surface area contributed by atoms with E-state index in [1.54, 1.807) is 26.0 Å². The van der Waals surface area contributed by atoms with Gasteiger partial charge in [-0.2, -0.15) is 0 Å². The molecule has 25 heavy (non-hydrogen) atoms. The van der Waals surface area contributed by atoms with Gasteiger partial charge in [-0.05, 0) is 45.0 Å². The summed E-state index contributed by atoms with van der Waals surface area (Å²) in [5.41, 5.74) is -1.18. The van der Waals surface area contributed by atoms with Crippen LogP contribution in [0.15, 0.2) is 41.0 Å². The summed E-state index contributed by atoms with van der Waals surface area (Å²) < 4.78 is 5.18. The Labute approximate surface area is 145 Å². The number of aliphatic hydroxyl groups is 1. The molecule has 0 saturated heterocycles. The van der Waals surface area contributed by atoms with Gasteiger partial charge in [0, 0.05) is 17.7 Å². The molecule has 0 saturated carbocycles. The van der Waals surface area contributed by atoms with Crippen LogP contribution in [0, 0.1) is 10.1 Å². The quantitative estimate of drug-likeness (QED) is 0.523. The maximum Gasteiger partial charge on any atom is 0.293 e. The molecule has 0 spiro atoms. The van der Waals surface area contributed by atoms with Crippen LogP contribution in [0.3, 0.4) is 0 Å². The summed E-state index contributed by atoms with van der Waals surface area (Å²) in [4.78, 5) is 22.8. The number of rotatable bonds is 7. The van der Waals surface area contributed by atoms with E-state index in [4.69, 9.17) is 4.42 Å². The highest BCUT2D eigenvalue weighted by molar-refractivity contribution is 5.95. The lowest BCUT2D eigenvalue weighted by atomic mass is 10.0. The van der Waals surface area contributed by atoms with Crippen molar-refractivity contribution < 1.29 is 19.2 Å². The van der Waals surface area contributed by atoms with E-state index >= 15 is 0 Å². The highest BCUT2D eigenvalue weighted by Gasteiger charge is 2.27. The van der Waals surface area contributed by atoms with Gasteiger partial charge >= 0.3 is 0 Å². The Kier molecular flexibility index (Phi) is 5.43. The molecule has 8 nitrogen and oxygen atoms in total. The van der Waals surface area contributed by atoms with Crippen molar-refractivity contribution in [3.8, 4) is 0 Å². The van der Waals surface area contributed by atoms with Gasteiger partial charge in [0.25, 0.3) is 11.6 Å². The molecule has 1 heterocycles. The molecular weight excluding hydrogens is 326 g/mol. The lowest BCUT2D eigenvalue weighted by molar-refractivity contribution is -0.384. The van der Waals surface area contributed by atoms with Crippen molar-refractivity contribution in [1.82, 2.24) is 5.32 Å². The first kappa shape index (κ1) is 18.5. The number of nitrogens with one attached hydrogen (secondary N) is 2. The lowest BCUT2D eigenvalue weighted by Crippen LogP contribution is -2.31. The summed E-state index contributed by atoms with van der Waals surface area (Å²) in [5, 5.41) is 27.3. The third-order valence-corrected chi connectivity index (χ3v) is 3.55. The van der Waals surface area contributed by atoms with Crippen LogP contribution in [0.4, 0.5) is 11.4 Å². The maximum absolute atomic E-state index is 12.0. The third-order valence-electron chi connectivity index (χ3n) is 3.55. The molecule has 8 heteroatoms. The number of hydrogen-bond donors (Lipinski definition) is 3. The van der Waals surface area contributed by atoms with Crippen molar-refractivity contribution in [1.29, 1.82) is 0 Å². The second kappa shape index (κ2) is 7.35. The molecule has 0 radical (unpaired) electrons. The zero-order valence-electron chi connectivity index (χ0n) is 14.3. The van der Waals surface area contributed by atoms with Crippen molar-refractivity contribution in [2.24, 2.45) is 0 Å². The first-order chi connectivity index (χ1) is 11.7. The molecule has 0 bridgehead atoms. The van der Waals surface area contributed by atoms with Crippen molar-refractivity contribution in [2.75, 3.05) is 11.9 Å². The fourth-order valence-electron chi connectivity index (χ4n) is 2.26. The van der Waals surface area contributed by atoms with Crippen LogP contribution in [0.2, 0.25) is 0 Å². The highest BCUT2D eigenvalue weighted by atomic mass is 16.6. The molecule has 0 aliphatic rings. The van der Waals surface area contributed by atoms with Gasteiger partial charge in [0.1, 0.15) is 17.0 Å². The Balaban J connectivity index is 2.20. The van der Waals surface area contributed by atoms with Crippen LogP contribution in [0.1, 0.15) is 36.9 Å². The van der Waals surface area contributed by atoms with E-state index in [9.17, 15) is 20.0 Å². The van der Waals surface area contributed by atoms with Crippen molar-refractivity contribution >= 4 is 17.3 Å². The van der Waals surface area contributed by atoms with Gasteiger partial charge in [-0.3, -0.25) is 14.9 Å². The van der Waals surface area contributed by atoms with Gasteiger partial charge in [0.2, 0.25) is 0 Å². The minimum Gasteiger partial charge on any atom is -0.466 e. The molecule has 0 aliphatic carbocycles. The molecule has 3 N–H and O–H groups in total. The monoisotopic (exact) mass is 347 g/mol. The van der Waals surface area contributed by atoms with Crippen LogP contribution < -0.4 is 10.6 Å². The van der Waals surface area contributed by atoms with E-state index in [1.807, 2.05) is 0 Å². The van der Waals surface area contributed by atoms with Gasteiger partial charge in [-0.15, -0.1) is 0 Å². The van der Waals surface area contributed by atoms with E-state index in [1.165, 1.54) is 31.4 Å². The zero-order chi connectivity index (χ0) is 18.6. The number of nitro groups is 1. The molecule has 2 rings (SSSR count). The minimum absolute atomic E-state index is 0.00110. The smallest absolute Gasteiger partial charge is 0.293 e. The Morgan fingerprint density at radius 1 is 1.40 bits per heavy atom. The largest absolute Gasteiger partial charge is 0.466 e. The average molecular weight is 347 g/mol. The Morgan fingerprint density at radius 3 is 2.68 bits per heavy atom. The molecule has 0 aliphatic heterocycles. The third kappa shape index (κ3) is 4.57. The van der Waals surface area contributed by atoms with Gasteiger partial charge in [-0.1, -0.05) is 0 Å². The van der Waals surface area contributed by atoms with E-state index in [0.717, 1.165) is 0 Å². The fourth-order valence-corrected chi connectivity index (χ4v) is 2.26. The molecule has 1 amide bonds. The molecule has 1 unspecified atom stereocenters. The molecule has 134 valence electrons. The van der Waals surface area contributed by atoms with Gasteiger partial charge in [-0.25, -0.2) is 0 Å². The zero-order valence-corrected chi connectivity index (χ0v) is 14.3. The maximum atomic E-state index is 12.0. The number of carbonyl (C=O) groups excluding carboxylic acids is 1. The molecule has 1 atom stereocenters. The molecule has 1 aromatic carbocycles. The Hall–Kier alpha value is -2.87. The Morgan fingerprint density at radius 2 is 2.12 bits per heavy atom. The van der Waals surface area contributed by atoms with E-state index in [0.29, 0.717) is 5.76 Å². The number of amides is 1. The van der Waals surface area contributed by atoms with Crippen LogP contribution in [0.5, 0.6) is 0 Å². The number of benzene rings is 1. The molecule has 0 fully saturated rings. The predicted octanol–water partition coefficient (Wildman–Crippen LogP) is 2.65. The molecular formula is C17H21N3O5. The predicted molar refractivity (Wildman–Crippen MR) is 92.5 cm³/mol. The first-order valence-corrected chi connectivity index (χ1v) is 7.80. The number of anilines is 1. The molecule has 2 aromatic rings. The second-order valence-corrected chi connectivity index (χ2v) is 6.22. The average Bonchev–Trinajstić information content (AvgIpc) is 3.07. The first-order valence-electron chi connectivity index (χ1n) is 7.80. The van der Waals surface area contributed by atoms with Gasteiger partial charge in [0.05, 0.1) is 17.7 Å². The number of carbonyl (C=O) groups is 1. The fraction of sp³-hybridized carbons (Fsp3) is 0.353. The van der Waals surface area contributed by atoms with Crippen LogP contribution >= 0.6 is 0 Å². The van der Waals surface area contributed by atoms with Crippen LogP contribution in [-0.2, 0) is 5.60 Å². The summed E-state index contributed by atoms with van der Waals surface area (Å²) in [7, 11) is 0. The van der Waals surface area contributed by atoms with Crippen molar-refractivity contribution in [3.05, 3.63) is 58.0 Å². The standard InChI is InChI=1S/C17H21N3O5/c1-11(2)19-16(21)12-6-7-13(14(9-12)20(23)24)18-10-17(3,22)15-5-4-8-25-15/h4-9,11,18,22H,10H2,1-3H3,(H,19,21). The second-order valence-electron chi connectivity index (χ2n) is 6.22. The summed E-state index contributed by atoms with van der Waals surface area (Å²) >= 11 is 0. The normalized spacial score (nSPS) is 13.3. The van der Waals surface area contributed by atoms with E-state index in [2.05, 4.69) is 10.6 Å². The summed E-state index contributed by atoms with van der Waals surface area (Å²) in [6, 6.07) is 7.35. The number of furan rings is 1. The summed E-state index contributed by atoms with van der Waals surface area (Å²) in [6.45, 7) is 5.14. The number of nitrogens with zero attached hydrogens (tertiary/aromatic N) is 1. The summed E-state index contributed by atoms with van der Waals surface area (Å²) in [6.07, 6.45) is 1.44. The summed E-state index contributed by atoms with van der Waals surface area (Å²) in [5.74, 6) is -0.0391. The SMILES string of the molecule is CC(C)NC(=O)c1ccc(NCC(C)(O)c2ccco2)c([N+](=O)[O-])c1. The molecule has 1 aromatic heterocycles. The topological polar surface area (TPSA) is 118 Å². The lowest BCUT2D eigenvalue weighted by Gasteiger charge is -2.21. The van der Waals surface area contributed by atoms with Gasteiger partial charge < -0.3 is 20.2 Å². The minimum atomic E-state index is -1.34. The highest BCUT2D eigenvalue weighted by Crippen LogP contribution is 2.28. The van der Waals surface area contributed by atoms with Crippen molar-refractivity contribution in [2.45, 2.75) is 32.4 Å². The van der Waals surface area contributed by atoms with Gasteiger partial charge in [0.15, 0.2) is 0 Å². The van der Waals surface area contributed by atoms with Crippen molar-refractivity contribution in [3.63, 3.8) is 0 Å². The van der Waals surface area contributed by atoms with E-state index < -0.39 is 10.5 Å². The van der Waals surface area contributed by atoms with Crippen LogP contribution in [0.25, 0.3) is 0 Å².